The van der Waals surface area contributed by atoms with Gasteiger partial charge < -0.3 is 4.74 Å². The van der Waals surface area contributed by atoms with Crippen LogP contribution in [0.1, 0.15) is 15.9 Å². The average molecular weight is 254 g/mol. The van der Waals surface area contributed by atoms with Gasteiger partial charge in [-0.3, -0.25) is 4.79 Å². The number of benzene rings is 1. The average Bonchev–Trinajstić information content (AvgIpc) is 2.25. The highest BCUT2D eigenvalue weighted by Gasteiger charge is 2.40. The molecule has 17 heavy (non-hydrogen) atoms. The van der Waals surface area contributed by atoms with Gasteiger partial charge in [0.05, 0.1) is 7.11 Å². The number of carbonyl (C=O) groups excluding carboxylic acids is 1. The van der Waals surface area contributed by atoms with Crippen LogP contribution in [0.25, 0.3) is 0 Å². The lowest BCUT2D eigenvalue weighted by atomic mass is 10.0. The van der Waals surface area contributed by atoms with Crippen molar-refractivity contribution in [3.8, 4) is 5.75 Å². The summed E-state index contributed by atoms with van der Waals surface area (Å²) in [6.45, 7) is 0. The second kappa shape index (κ2) is 4.68. The Morgan fingerprint density at radius 2 is 1.88 bits per heavy atom. The van der Waals surface area contributed by atoms with Crippen molar-refractivity contribution in [2.45, 2.75) is 12.6 Å². The molecule has 0 amide bonds. The molecule has 0 radical (unpaired) electrons. The van der Waals surface area contributed by atoms with Gasteiger partial charge in [0.2, 0.25) is 5.78 Å². The van der Waals surface area contributed by atoms with E-state index in [1.54, 1.807) is 0 Å². The van der Waals surface area contributed by atoms with Gasteiger partial charge in [0.25, 0.3) is 0 Å². The summed E-state index contributed by atoms with van der Waals surface area (Å²) in [6.07, 6.45) is -8.44. The molecule has 0 heterocycles. The van der Waals surface area contributed by atoms with E-state index in [1.807, 2.05) is 0 Å². The van der Waals surface area contributed by atoms with Gasteiger partial charge in [-0.1, -0.05) is 12.1 Å². The van der Waals surface area contributed by atoms with Gasteiger partial charge in [-0.25, -0.2) is 8.78 Å². The fourth-order valence-corrected chi connectivity index (χ4v) is 1.32. The van der Waals surface area contributed by atoms with E-state index in [1.165, 1.54) is 0 Å². The number of halogens is 5. The monoisotopic (exact) mass is 254 g/mol. The maximum Gasteiger partial charge on any atom is 0.420 e. The third-order valence-electron chi connectivity index (χ3n) is 1.99. The Bertz CT molecular complexity index is 425. The molecule has 94 valence electrons. The Morgan fingerprint density at radius 3 is 2.29 bits per heavy atom. The van der Waals surface area contributed by atoms with Gasteiger partial charge in [-0.2, -0.15) is 13.2 Å². The van der Waals surface area contributed by atoms with E-state index in [0.29, 0.717) is 6.07 Å². The quantitative estimate of drug-likeness (QED) is 0.611. The van der Waals surface area contributed by atoms with Gasteiger partial charge in [0.1, 0.15) is 11.3 Å². The van der Waals surface area contributed by atoms with Crippen molar-refractivity contribution in [3.05, 3.63) is 29.3 Å². The largest absolute Gasteiger partial charge is 0.496 e. The fourth-order valence-electron chi connectivity index (χ4n) is 1.32. The number of methoxy groups -OCH3 is 1. The Labute approximate surface area is 93.0 Å². The first-order valence-electron chi connectivity index (χ1n) is 4.35. The van der Waals surface area contributed by atoms with Crippen LogP contribution < -0.4 is 4.74 Å². The molecular formula is C10H7F5O2. The van der Waals surface area contributed by atoms with Crippen LogP contribution in [0.4, 0.5) is 22.0 Å². The summed E-state index contributed by atoms with van der Waals surface area (Å²) in [5.41, 5.74) is -2.57. The molecule has 0 bridgehead atoms. The predicted octanol–water partition coefficient (Wildman–Crippen LogP) is 3.16. The molecule has 2 nitrogen and oxygen atoms in total. The summed E-state index contributed by atoms with van der Waals surface area (Å²) in [6, 6.07) is 2.69. The van der Waals surface area contributed by atoms with E-state index < -0.39 is 35.3 Å². The molecule has 0 spiro atoms. The van der Waals surface area contributed by atoms with Crippen molar-refractivity contribution in [2.75, 3.05) is 7.11 Å². The van der Waals surface area contributed by atoms with Gasteiger partial charge in [0.15, 0.2) is 0 Å². The highest BCUT2D eigenvalue weighted by atomic mass is 19.4. The zero-order chi connectivity index (χ0) is 13.2. The Hall–Kier alpha value is -1.66. The van der Waals surface area contributed by atoms with Crippen LogP contribution in [-0.4, -0.2) is 19.3 Å². The van der Waals surface area contributed by atoms with Crippen molar-refractivity contribution in [3.63, 3.8) is 0 Å². The van der Waals surface area contributed by atoms with Gasteiger partial charge in [-0.15, -0.1) is 0 Å². The minimum atomic E-state index is -4.94. The van der Waals surface area contributed by atoms with Crippen molar-refractivity contribution < 1.29 is 31.5 Å². The first-order chi connectivity index (χ1) is 7.79. The third kappa shape index (κ3) is 2.72. The second-order valence-corrected chi connectivity index (χ2v) is 3.05. The molecule has 7 heteroatoms. The first-order valence-corrected chi connectivity index (χ1v) is 4.35. The number of ketones is 1. The number of hydrogen-bond donors (Lipinski definition) is 0. The highest BCUT2D eigenvalue weighted by Crippen LogP contribution is 2.39. The van der Waals surface area contributed by atoms with Gasteiger partial charge in [0, 0.05) is 5.56 Å². The van der Waals surface area contributed by atoms with Crippen LogP contribution in [0.15, 0.2) is 18.2 Å². The summed E-state index contributed by atoms with van der Waals surface area (Å²) in [5.74, 6) is -2.54. The van der Waals surface area contributed by atoms with E-state index in [-0.39, 0.29) is 0 Å². The molecule has 1 aromatic carbocycles. The standard InChI is InChI=1S/C10H7F5O2/c1-17-6-4-2-3-5(8(16)9(11)12)7(6)10(13,14)15/h2-4,9H,1H3. The van der Waals surface area contributed by atoms with Crippen LogP contribution in [0.2, 0.25) is 0 Å². The Morgan fingerprint density at radius 1 is 1.29 bits per heavy atom. The lowest BCUT2D eigenvalue weighted by Gasteiger charge is -2.15. The topological polar surface area (TPSA) is 26.3 Å². The van der Waals surface area contributed by atoms with E-state index in [2.05, 4.69) is 4.74 Å². The molecule has 0 unspecified atom stereocenters. The number of Topliss-reactive ketones (excluding diaryl/α,β-unsaturated/α-hetero) is 1. The number of carbonyl (C=O) groups is 1. The molecule has 1 aromatic rings. The van der Waals surface area contributed by atoms with Crippen molar-refractivity contribution in [1.29, 1.82) is 0 Å². The maximum absolute atomic E-state index is 12.6. The van der Waals surface area contributed by atoms with Crippen molar-refractivity contribution >= 4 is 5.78 Å². The van der Waals surface area contributed by atoms with Crippen LogP contribution >= 0.6 is 0 Å². The zero-order valence-corrected chi connectivity index (χ0v) is 8.52. The molecule has 0 atom stereocenters. The summed E-state index contributed by atoms with van der Waals surface area (Å²) >= 11 is 0. The van der Waals surface area contributed by atoms with Gasteiger partial charge in [-0.05, 0) is 6.07 Å². The van der Waals surface area contributed by atoms with Crippen molar-refractivity contribution in [1.82, 2.24) is 0 Å². The molecule has 0 N–H and O–H groups in total. The first kappa shape index (κ1) is 13.4. The SMILES string of the molecule is COc1cccc(C(=O)C(F)F)c1C(F)(F)F. The summed E-state index contributed by atoms with van der Waals surface area (Å²) in [4.78, 5) is 11.0. The summed E-state index contributed by atoms with van der Waals surface area (Å²) in [7, 11) is 0.960. The van der Waals surface area contributed by atoms with Crippen LogP contribution in [-0.2, 0) is 6.18 Å². The highest BCUT2D eigenvalue weighted by molar-refractivity contribution is 6.00. The molecule has 0 aliphatic rings. The van der Waals surface area contributed by atoms with Crippen LogP contribution in [0.5, 0.6) is 5.75 Å². The molecule has 1 rings (SSSR count). The maximum atomic E-state index is 12.6. The van der Waals surface area contributed by atoms with E-state index >= 15 is 0 Å². The number of ether oxygens (including phenoxy) is 1. The number of alkyl halides is 5. The van der Waals surface area contributed by atoms with Crippen LogP contribution in [0.3, 0.4) is 0 Å². The molecular weight excluding hydrogens is 247 g/mol. The number of hydrogen-bond acceptors (Lipinski definition) is 2. The fraction of sp³-hybridized carbons (Fsp3) is 0.300. The van der Waals surface area contributed by atoms with Crippen molar-refractivity contribution in [2.24, 2.45) is 0 Å². The second-order valence-electron chi connectivity index (χ2n) is 3.05. The van der Waals surface area contributed by atoms with E-state index in [9.17, 15) is 26.7 Å². The van der Waals surface area contributed by atoms with Crippen LogP contribution in [0, 0.1) is 0 Å². The predicted molar refractivity (Wildman–Crippen MR) is 48.3 cm³/mol. The normalized spacial score (nSPS) is 11.7. The minimum Gasteiger partial charge on any atom is -0.496 e. The summed E-state index contributed by atoms with van der Waals surface area (Å²) < 4.78 is 66.7. The lowest BCUT2D eigenvalue weighted by Crippen LogP contribution is -2.18. The van der Waals surface area contributed by atoms with E-state index in [4.69, 9.17) is 0 Å². The summed E-state index contributed by atoms with van der Waals surface area (Å²) in [5, 5.41) is 0. The molecule has 0 aliphatic heterocycles. The zero-order valence-electron chi connectivity index (χ0n) is 8.52. The van der Waals surface area contributed by atoms with E-state index in [0.717, 1.165) is 19.2 Å². The molecule has 0 saturated carbocycles. The Balaban J connectivity index is 3.45. The third-order valence-corrected chi connectivity index (χ3v) is 1.99. The number of rotatable bonds is 3. The molecule has 0 saturated heterocycles. The molecule has 0 aliphatic carbocycles. The van der Waals surface area contributed by atoms with Gasteiger partial charge >= 0.3 is 12.6 Å². The Kier molecular flexibility index (Phi) is 3.69. The minimum absolute atomic E-state index is 0.663. The molecule has 0 aromatic heterocycles. The smallest absolute Gasteiger partial charge is 0.420 e. The molecule has 0 fully saturated rings. The lowest BCUT2D eigenvalue weighted by molar-refractivity contribution is -0.139.